The van der Waals surface area contributed by atoms with Gasteiger partial charge in [0.25, 0.3) is 5.91 Å². The zero-order chi connectivity index (χ0) is 12.4. The first kappa shape index (κ1) is 11.4. The highest BCUT2D eigenvalue weighted by Gasteiger charge is 2.29. The SMILES string of the molecule is O=C(O)[C@H]1CCCN(C(=O)c2c[nH]c(=O)[nH]2)C1. The minimum Gasteiger partial charge on any atom is -0.481 e. The lowest BCUT2D eigenvalue weighted by molar-refractivity contribution is -0.143. The molecule has 0 spiro atoms. The van der Waals surface area contributed by atoms with E-state index >= 15 is 0 Å². The maximum atomic E-state index is 11.9. The third-order valence-corrected chi connectivity index (χ3v) is 2.88. The maximum absolute atomic E-state index is 11.9. The second-order valence-electron chi connectivity index (χ2n) is 4.09. The zero-order valence-corrected chi connectivity index (χ0v) is 9.10. The van der Waals surface area contributed by atoms with Crippen molar-refractivity contribution >= 4 is 11.9 Å². The number of aliphatic carboxylic acids is 1. The number of rotatable bonds is 2. The van der Waals surface area contributed by atoms with Gasteiger partial charge in [0, 0.05) is 19.3 Å². The van der Waals surface area contributed by atoms with Gasteiger partial charge in [-0.2, -0.15) is 0 Å². The van der Waals surface area contributed by atoms with Crippen molar-refractivity contribution in [1.29, 1.82) is 0 Å². The van der Waals surface area contributed by atoms with Crippen molar-refractivity contribution in [2.45, 2.75) is 12.8 Å². The van der Waals surface area contributed by atoms with Gasteiger partial charge in [-0.1, -0.05) is 0 Å². The van der Waals surface area contributed by atoms with Crippen molar-refractivity contribution < 1.29 is 14.7 Å². The van der Waals surface area contributed by atoms with Crippen LogP contribution in [0, 0.1) is 5.92 Å². The molecule has 0 saturated carbocycles. The van der Waals surface area contributed by atoms with Gasteiger partial charge in [0.2, 0.25) is 0 Å². The second kappa shape index (κ2) is 4.44. The highest BCUT2D eigenvalue weighted by Crippen LogP contribution is 2.17. The van der Waals surface area contributed by atoms with E-state index in [0.29, 0.717) is 19.4 Å². The van der Waals surface area contributed by atoms with Gasteiger partial charge in [-0.05, 0) is 12.8 Å². The van der Waals surface area contributed by atoms with Gasteiger partial charge in [0.05, 0.1) is 5.92 Å². The quantitative estimate of drug-likeness (QED) is 0.655. The summed E-state index contributed by atoms with van der Waals surface area (Å²) in [5.41, 5.74) is -0.277. The van der Waals surface area contributed by atoms with E-state index in [4.69, 9.17) is 5.11 Å². The van der Waals surface area contributed by atoms with Crippen molar-refractivity contribution in [3.63, 3.8) is 0 Å². The molecule has 1 amide bonds. The number of nitrogens with one attached hydrogen (secondary N) is 2. The van der Waals surface area contributed by atoms with Gasteiger partial charge in [-0.3, -0.25) is 9.59 Å². The number of nitrogens with zero attached hydrogens (tertiary/aromatic N) is 1. The van der Waals surface area contributed by atoms with Crippen LogP contribution in [0.1, 0.15) is 23.3 Å². The lowest BCUT2D eigenvalue weighted by Gasteiger charge is -2.30. The summed E-state index contributed by atoms with van der Waals surface area (Å²) in [6, 6.07) is 0. The molecule has 1 aromatic heterocycles. The Morgan fingerprint density at radius 2 is 2.24 bits per heavy atom. The summed E-state index contributed by atoms with van der Waals surface area (Å²) >= 11 is 0. The number of hydrogen-bond acceptors (Lipinski definition) is 3. The molecule has 7 heteroatoms. The van der Waals surface area contributed by atoms with Crippen LogP contribution in [0.5, 0.6) is 0 Å². The Bertz CT molecular complexity index is 490. The molecule has 17 heavy (non-hydrogen) atoms. The Labute approximate surface area is 96.4 Å². The molecule has 2 heterocycles. The summed E-state index contributed by atoms with van der Waals surface area (Å²) in [5.74, 6) is -1.74. The van der Waals surface area contributed by atoms with Crippen LogP contribution in [0.15, 0.2) is 11.0 Å². The zero-order valence-electron chi connectivity index (χ0n) is 9.10. The summed E-state index contributed by atoms with van der Waals surface area (Å²) < 4.78 is 0. The van der Waals surface area contributed by atoms with Gasteiger partial charge in [0.1, 0.15) is 5.69 Å². The van der Waals surface area contributed by atoms with E-state index in [2.05, 4.69) is 9.97 Å². The number of amides is 1. The molecule has 0 radical (unpaired) electrons. The molecule has 1 aliphatic rings. The fourth-order valence-electron chi connectivity index (χ4n) is 1.98. The van der Waals surface area contributed by atoms with Crippen LogP contribution >= 0.6 is 0 Å². The number of imidazole rings is 1. The number of aromatic amines is 2. The minimum absolute atomic E-state index is 0.168. The Morgan fingerprint density at radius 1 is 1.47 bits per heavy atom. The Kier molecular flexibility index (Phi) is 2.99. The van der Waals surface area contributed by atoms with Gasteiger partial charge in [-0.15, -0.1) is 0 Å². The van der Waals surface area contributed by atoms with E-state index in [9.17, 15) is 14.4 Å². The average Bonchev–Trinajstić information content (AvgIpc) is 2.75. The summed E-state index contributed by atoms with van der Waals surface area (Å²) in [6.07, 6.45) is 2.55. The van der Waals surface area contributed by atoms with Gasteiger partial charge < -0.3 is 20.0 Å². The number of piperidine rings is 1. The third-order valence-electron chi connectivity index (χ3n) is 2.88. The first-order chi connectivity index (χ1) is 8.08. The van der Waals surface area contributed by atoms with E-state index in [1.807, 2.05) is 0 Å². The predicted octanol–water partition coefficient (Wildman–Crippen LogP) is -0.360. The van der Waals surface area contributed by atoms with Crippen LogP contribution in [-0.4, -0.2) is 44.9 Å². The first-order valence-electron chi connectivity index (χ1n) is 5.37. The topological polar surface area (TPSA) is 106 Å². The van der Waals surface area contributed by atoms with Crippen LogP contribution in [0.3, 0.4) is 0 Å². The molecule has 2 rings (SSSR count). The van der Waals surface area contributed by atoms with E-state index < -0.39 is 17.6 Å². The fraction of sp³-hybridized carbons (Fsp3) is 0.500. The Balaban J connectivity index is 2.09. The van der Waals surface area contributed by atoms with E-state index in [1.54, 1.807) is 0 Å². The second-order valence-corrected chi connectivity index (χ2v) is 4.09. The molecule has 3 N–H and O–H groups in total. The number of carboxylic acid groups (broad SMARTS) is 1. The highest BCUT2D eigenvalue weighted by atomic mass is 16.4. The molecular weight excluding hydrogens is 226 g/mol. The van der Waals surface area contributed by atoms with Crippen molar-refractivity contribution in [1.82, 2.24) is 14.9 Å². The molecule has 7 nitrogen and oxygen atoms in total. The molecule has 0 aromatic carbocycles. The molecule has 0 unspecified atom stereocenters. The Hall–Kier alpha value is -2.05. The van der Waals surface area contributed by atoms with Crippen molar-refractivity contribution in [2.24, 2.45) is 5.92 Å². The molecule has 1 aromatic rings. The molecule has 1 saturated heterocycles. The summed E-state index contributed by atoms with van der Waals surface area (Å²) in [6.45, 7) is 0.719. The summed E-state index contributed by atoms with van der Waals surface area (Å²) in [5, 5.41) is 8.91. The lowest BCUT2D eigenvalue weighted by atomic mass is 9.98. The average molecular weight is 239 g/mol. The predicted molar refractivity (Wildman–Crippen MR) is 57.7 cm³/mol. The number of aromatic nitrogens is 2. The van der Waals surface area contributed by atoms with Crippen molar-refractivity contribution in [3.8, 4) is 0 Å². The number of likely N-dealkylation sites (tertiary alicyclic amines) is 1. The van der Waals surface area contributed by atoms with E-state index in [-0.39, 0.29) is 18.1 Å². The molecule has 0 aliphatic carbocycles. The summed E-state index contributed by atoms with van der Waals surface area (Å²) in [7, 11) is 0. The van der Waals surface area contributed by atoms with Gasteiger partial charge in [0.15, 0.2) is 0 Å². The Morgan fingerprint density at radius 3 is 2.82 bits per heavy atom. The highest BCUT2D eigenvalue weighted by molar-refractivity contribution is 5.92. The monoisotopic (exact) mass is 239 g/mol. The van der Waals surface area contributed by atoms with Crippen molar-refractivity contribution in [2.75, 3.05) is 13.1 Å². The van der Waals surface area contributed by atoms with Crippen LogP contribution in [0.2, 0.25) is 0 Å². The van der Waals surface area contributed by atoms with Crippen LogP contribution in [-0.2, 0) is 4.79 Å². The normalized spacial score (nSPS) is 20.2. The number of H-pyrrole nitrogens is 2. The number of carboxylic acids is 1. The van der Waals surface area contributed by atoms with E-state index in [0.717, 1.165) is 0 Å². The molecule has 0 bridgehead atoms. The van der Waals surface area contributed by atoms with Crippen LogP contribution < -0.4 is 5.69 Å². The third kappa shape index (κ3) is 2.38. The molecule has 1 aliphatic heterocycles. The number of carbonyl (C=O) groups is 2. The van der Waals surface area contributed by atoms with Crippen LogP contribution in [0.4, 0.5) is 0 Å². The number of carbonyl (C=O) groups excluding carboxylic acids is 1. The molecule has 1 atom stereocenters. The molecule has 92 valence electrons. The first-order valence-corrected chi connectivity index (χ1v) is 5.37. The molecular formula is C10H13N3O4. The minimum atomic E-state index is -0.884. The summed E-state index contributed by atoms with van der Waals surface area (Å²) in [4.78, 5) is 39.8. The largest absolute Gasteiger partial charge is 0.481 e. The maximum Gasteiger partial charge on any atom is 0.323 e. The lowest BCUT2D eigenvalue weighted by Crippen LogP contribution is -2.42. The van der Waals surface area contributed by atoms with Gasteiger partial charge >= 0.3 is 11.7 Å². The van der Waals surface area contributed by atoms with Crippen molar-refractivity contribution in [3.05, 3.63) is 22.4 Å². The standard InChI is InChI=1S/C10H13N3O4/c14-8(7-4-11-10(17)12-7)13-3-1-2-6(5-13)9(15)16/h4,6H,1-3,5H2,(H,15,16)(H2,11,12,17)/t6-/m0/s1. The molecule has 1 fully saturated rings. The number of hydrogen-bond donors (Lipinski definition) is 3. The van der Waals surface area contributed by atoms with Crippen LogP contribution in [0.25, 0.3) is 0 Å². The smallest absolute Gasteiger partial charge is 0.323 e. The fourth-order valence-corrected chi connectivity index (χ4v) is 1.98. The van der Waals surface area contributed by atoms with Gasteiger partial charge in [-0.25, -0.2) is 4.79 Å². The van der Waals surface area contributed by atoms with E-state index in [1.165, 1.54) is 11.1 Å².